The number of aromatic amines is 1. The molecular formula is C26H27N5O4. The van der Waals surface area contributed by atoms with E-state index in [0.717, 1.165) is 17.0 Å². The van der Waals surface area contributed by atoms with Gasteiger partial charge in [0.25, 0.3) is 11.5 Å². The number of benzene rings is 2. The number of ether oxygens (including phenoxy) is 1. The highest BCUT2D eigenvalue weighted by Gasteiger charge is 2.26. The van der Waals surface area contributed by atoms with Gasteiger partial charge in [0.15, 0.2) is 0 Å². The highest BCUT2D eigenvalue weighted by molar-refractivity contribution is 6.05. The molecule has 35 heavy (non-hydrogen) atoms. The first-order valence-electron chi connectivity index (χ1n) is 11.5. The van der Waals surface area contributed by atoms with Gasteiger partial charge in [-0.05, 0) is 29.8 Å². The van der Waals surface area contributed by atoms with Crippen LogP contribution in [0.4, 0.5) is 5.69 Å². The molecule has 9 nitrogen and oxygen atoms in total. The maximum absolute atomic E-state index is 13.4. The number of methoxy groups -OCH3 is 1. The molecule has 0 radical (unpaired) electrons. The molecule has 1 N–H and O–H groups in total. The fourth-order valence-electron chi connectivity index (χ4n) is 4.61. The number of anilines is 1. The van der Waals surface area contributed by atoms with Gasteiger partial charge >= 0.3 is 5.69 Å². The minimum atomic E-state index is -0.532. The number of H-pyrrole nitrogens is 1. The van der Waals surface area contributed by atoms with Gasteiger partial charge in [-0.25, -0.2) is 4.79 Å². The largest absolute Gasteiger partial charge is 0.497 e. The Morgan fingerprint density at radius 3 is 2.31 bits per heavy atom. The summed E-state index contributed by atoms with van der Waals surface area (Å²) >= 11 is 0. The van der Waals surface area contributed by atoms with Gasteiger partial charge in [0.05, 0.1) is 24.7 Å². The van der Waals surface area contributed by atoms with E-state index in [9.17, 15) is 14.4 Å². The molecule has 0 spiro atoms. The molecule has 2 aromatic heterocycles. The predicted molar refractivity (Wildman–Crippen MR) is 134 cm³/mol. The molecule has 4 aromatic rings. The summed E-state index contributed by atoms with van der Waals surface area (Å²) in [5.41, 5.74) is 1.90. The number of aromatic nitrogens is 3. The maximum Gasteiger partial charge on any atom is 0.329 e. The van der Waals surface area contributed by atoms with Crippen LogP contribution in [0, 0.1) is 0 Å². The Morgan fingerprint density at radius 2 is 1.66 bits per heavy atom. The summed E-state index contributed by atoms with van der Waals surface area (Å²) in [6.07, 6.45) is 1.63. The van der Waals surface area contributed by atoms with Gasteiger partial charge in [-0.15, -0.1) is 0 Å². The first kappa shape index (κ1) is 22.5. The monoisotopic (exact) mass is 473 g/mol. The molecule has 3 heterocycles. The van der Waals surface area contributed by atoms with Crippen molar-refractivity contribution in [2.75, 3.05) is 38.2 Å². The van der Waals surface area contributed by atoms with Crippen LogP contribution in [0.3, 0.4) is 0 Å². The topological polar surface area (TPSA) is 92.6 Å². The molecule has 5 rings (SSSR count). The van der Waals surface area contributed by atoms with Crippen molar-refractivity contribution in [1.29, 1.82) is 0 Å². The Morgan fingerprint density at radius 1 is 0.971 bits per heavy atom. The van der Waals surface area contributed by atoms with Crippen LogP contribution in [0.25, 0.3) is 11.0 Å². The van der Waals surface area contributed by atoms with Crippen molar-refractivity contribution in [3.05, 3.63) is 92.8 Å². The Bertz CT molecular complexity index is 1480. The lowest BCUT2D eigenvalue weighted by Crippen LogP contribution is -2.48. The van der Waals surface area contributed by atoms with Crippen LogP contribution >= 0.6 is 0 Å². The zero-order valence-electron chi connectivity index (χ0n) is 19.7. The SMILES string of the molecule is COc1ccc(N2CCN(C(=O)c3cn(C)c4c(=O)n(Cc5ccccc5)c(=O)[nH]c34)CC2)cc1. The molecule has 0 unspecified atom stereocenters. The van der Waals surface area contributed by atoms with Gasteiger partial charge in [0.1, 0.15) is 11.3 Å². The van der Waals surface area contributed by atoms with E-state index in [0.29, 0.717) is 37.3 Å². The number of carbonyl (C=O) groups is 1. The van der Waals surface area contributed by atoms with E-state index >= 15 is 0 Å². The lowest BCUT2D eigenvalue weighted by Gasteiger charge is -2.36. The van der Waals surface area contributed by atoms with E-state index in [1.54, 1.807) is 29.8 Å². The van der Waals surface area contributed by atoms with E-state index in [-0.39, 0.29) is 18.0 Å². The average molecular weight is 474 g/mol. The average Bonchev–Trinajstić information content (AvgIpc) is 3.22. The summed E-state index contributed by atoms with van der Waals surface area (Å²) in [4.78, 5) is 46.2. The van der Waals surface area contributed by atoms with Crippen molar-refractivity contribution >= 4 is 22.6 Å². The van der Waals surface area contributed by atoms with Gasteiger partial charge in [-0.1, -0.05) is 30.3 Å². The van der Waals surface area contributed by atoms with E-state index in [4.69, 9.17) is 4.74 Å². The van der Waals surface area contributed by atoms with Gasteiger partial charge in [0, 0.05) is 45.1 Å². The fourth-order valence-corrected chi connectivity index (χ4v) is 4.61. The first-order valence-corrected chi connectivity index (χ1v) is 11.5. The standard InChI is InChI=1S/C26H27N5O4/c1-28-17-21(22-23(28)25(33)31(26(34)27-22)16-18-6-4-3-5-7-18)24(32)30-14-12-29(13-15-30)19-8-10-20(35-2)11-9-19/h3-11,17H,12-16H2,1-2H3,(H,27,34). The van der Waals surface area contributed by atoms with Crippen molar-refractivity contribution in [2.45, 2.75) is 6.54 Å². The van der Waals surface area contributed by atoms with Crippen LogP contribution in [0.1, 0.15) is 15.9 Å². The van der Waals surface area contributed by atoms with Crippen molar-refractivity contribution in [1.82, 2.24) is 19.0 Å². The molecule has 1 aliphatic heterocycles. The summed E-state index contributed by atoms with van der Waals surface area (Å²) < 4.78 is 8.01. The smallest absolute Gasteiger partial charge is 0.329 e. The second-order valence-corrected chi connectivity index (χ2v) is 8.66. The number of carbonyl (C=O) groups excluding carboxylic acids is 1. The summed E-state index contributed by atoms with van der Waals surface area (Å²) in [7, 11) is 3.35. The summed E-state index contributed by atoms with van der Waals surface area (Å²) in [6, 6.07) is 17.2. The van der Waals surface area contributed by atoms with Crippen LogP contribution < -0.4 is 20.9 Å². The van der Waals surface area contributed by atoms with Crippen LogP contribution in [-0.4, -0.2) is 58.2 Å². The lowest BCUT2D eigenvalue weighted by molar-refractivity contribution is 0.0748. The Labute approximate surface area is 201 Å². The number of hydrogen-bond acceptors (Lipinski definition) is 5. The number of hydrogen-bond donors (Lipinski definition) is 1. The van der Waals surface area contributed by atoms with Crippen molar-refractivity contribution < 1.29 is 9.53 Å². The number of aryl methyl sites for hydroxylation is 1. The van der Waals surface area contributed by atoms with E-state index in [1.807, 2.05) is 54.6 Å². The van der Waals surface area contributed by atoms with Crippen molar-refractivity contribution in [2.24, 2.45) is 7.05 Å². The summed E-state index contributed by atoms with van der Waals surface area (Å²) in [5.74, 6) is 0.608. The molecule has 0 saturated carbocycles. The Hall–Kier alpha value is -4.27. The summed E-state index contributed by atoms with van der Waals surface area (Å²) in [6.45, 7) is 2.60. The molecule has 0 bridgehead atoms. The minimum Gasteiger partial charge on any atom is -0.497 e. The molecule has 1 fully saturated rings. The minimum absolute atomic E-state index is 0.159. The van der Waals surface area contributed by atoms with Gasteiger partial charge in [-0.2, -0.15) is 0 Å². The highest BCUT2D eigenvalue weighted by atomic mass is 16.5. The second kappa shape index (κ2) is 9.17. The lowest BCUT2D eigenvalue weighted by atomic mass is 10.2. The Balaban J connectivity index is 1.38. The third-order valence-electron chi connectivity index (χ3n) is 6.52. The number of fused-ring (bicyclic) bond motifs is 1. The quantitative estimate of drug-likeness (QED) is 0.479. The van der Waals surface area contributed by atoms with Crippen molar-refractivity contribution in [3.63, 3.8) is 0 Å². The predicted octanol–water partition coefficient (Wildman–Crippen LogP) is 2.05. The number of rotatable bonds is 5. The van der Waals surface area contributed by atoms with Crippen LogP contribution in [-0.2, 0) is 13.6 Å². The first-order chi connectivity index (χ1) is 17.0. The number of amides is 1. The van der Waals surface area contributed by atoms with E-state index < -0.39 is 11.2 Å². The zero-order valence-corrected chi connectivity index (χ0v) is 19.7. The number of nitrogens with zero attached hydrogens (tertiary/aromatic N) is 4. The normalized spacial score (nSPS) is 13.9. The molecule has 0 atom stereocenters. The second-order valence-electron chi connectivity index (χ2n) is 8.66. The van der Waals surface area contributed by atoms with Gasteiger partial charge in [0.2, 0.25) is 0 Å². The van der Waals surface area contributed by atoms with Crippen LogP contribution in [0.15, 0.2) is 70.4 Å². The van der Waals surface area contributed by atoms with E-state index in [1.165, 1.54) is 4.57 Å². The molecular weight excluding hydrogens is 446 g/mol. The molecule has 9 heteroatoms. The molecule has 1 aliphatic rings. The maximum atomic E-state index is 13.4. The summed E-state index contributed by atoms with van der Waals surface area (Å²) in [5, 5.41) is 0. The van der Waals surface area contributed by atoms with Crippen LogP contribution in [0.2, 0.25) is 0 Å². The van der Waals surface area contributed by atoms with Crippen LogP contribution in [0.5, 0.6) is 5.75 Å². The third kappa shape index (κ3) is 4.21. The van der Waals surface area contributed by atoms with Crippen molar-refractivity contribution in [3.8, 4) is 5.75 Å². The number of piperazine rings is 1. The zero-order chi connectivity index (χ0) is 24.5. The molecule has 1 saturated heterocycles. The fraction of sp³-hybridized carbons (Fsp3) is 0.269. The Kier molecular flexibility index (Phi) is 5.90. The molecule has 180 valence electrons. The van der Waals surface area contributed by atoms with Gasteiger partial charge < -0.3 is 24.1 Å². The van der Waals surface area contributed by atoms with Gasteiger partial charge in [-0.3, -0.25) is 14.2 Å². The van der Waals surface area contributed by atoms with E-state index in [2.05, 4.69) is 9.88 Å². The highest BCUT2D eigenvalue weighted by Crippen LogP contribution is 2.22. The molecule has 0 aliphatic carbocycles. The third-order valence-corrected chi connectivity index (χ3v) is 6.52. The number of nitrogens with one attached hydrogen (secondary N) is 1. The molecule has 2 aromatic carbocycles. The molecule has 1 amide bonds.